The van der Waals surface area contributed by atoms with E-state index in [1.54, 1.807) is 6.92 Å². The summed E-state index contributed by atoms with van der Waals surface area (Å²) in [6.07, 6.45) is 2.96. The molecule has 4 heteroatoms. The average Bonchev–Trinajstić information content (AvgIpc) is 2.54. The van der Waals surface area contributed by atoms with E-state index >= 15 is 0 Å². The molecule has 0 aliphatic carbocycles. The summed E-state index contributed by atoms with van der Waals surface area (Å²) in [5.74, 6) is -5.76. The van der Waals surface area contributed by atoms with Crippen molar-refractivity contribution in [1.82, 2.24) is 0 Å². The van der Waals surface area contributed by atoms with Crippen molar-refractivity contribution < 1.29 is 17.6 Å². The highest BCUT2D eigenvalue weighted by atomic mass is 19.2. The van der Waals surface area contributed by atoms with E-state index < -0.39 is 34.5 Å². The van der Waals surface area contributed by atoms with Gasteiger partial charge in [0.2, 0.25) is 0 Å². The Morgan fingerprint density at radius 2 is 1.39 bits per heavy atom. The predicted octanol–water partition coefficient (Wildman–Crippen LogP) is 7.13. The van der Waals surface area contributed by atoms with E-state index in [0.717, 1.165) is 5.57 Å². The lowest BCUT2D eigenvalue weighted by Crippen LogP contribution is -2.01. The summed E-state index contributed by atoms with van der Waals surface area (Å²) in [4.78, 5) is 0. The second-order valence-corrected chi connectivity index (χ2v) is 5.39. The Balaban J connectivity index is 5.42. The van der Waals surface area contributed by atoms with Crippen molar-refractivity contribution in [3.63, 3.8) is 0 Å². The van der Waals surface area contributed by atoms with Crippen LogP contribution < -0.4 is 0 Å². The summed E-state index contributed by atoms with van der Waals surface area (Å²) in [5.41, 5.74) is -0.394. The molecule has 0 aliphatic heterocycles. The minimum absolute atomic E-state index is 0.0810. The van der Waals surface area contributed by atoms with Crippen LogP contribution in [0.25, 0.3) is 0 Å². The lowest BCUT2D eigenvalue weighted by atomic mass is 9.95. The smallest absolute Gasteiger partial charge is 0.166 e. The molecular formula is C19H22F4. The molecule has 0 bridgehead atoms. The Labute approximate surface area is 135 Å². The van der Waals surface area contributed by atoms with Gasteiger partial charge in [0, 0.05) is 11.1 Å². The Morgan fingerprint density at radius 3 is 1.83 bits per heavy atom. The molecule has 0 saturated carbocycles. The maximum Gasteiger partial charge on any atom is 0.166 e. The Hall–Kier alpha value is -2.10. The summed E-state index contributed by atoms with van der Waals surface area (Å²) >= 11 is 0. The molecule has 0 aromatic rings. The first-order chi connectivity index (χ1) is 10.5. The van der Waals surface area contributed by atoms with Gasteiger partial charge in [0.05, 0.1) is 0 Å². The molecule has 1 unspecified atom stereocenters. The lowest BCUT2D eigenvalue weighted by molar-refractivity contribution is 0.526. The minimum atomic E-state index is -1.43. The van der Waals surface area contributed by atoms with Crippen LogP contribution in [0.3, 0.4) is 0 Å². The number of hydrogen-bond acceptors (Lipinski definition) is 0. The normalized spacial score (nSPS) is 14.2. The number of rotatable bonds is 8. The molecule has 0 fully saturated rings. The molecule has 0 aliphatic rings. The van der Waals surface area contributed by atoms with Gasteiger partial charge >= 0.3 is 0 Å². The van der Waals surface area contributed by atoms with Crippen LogP contribution in [-0.2, 0) is 0 Å². The van der Waals surface area contributed by atoms with Gasteiger partial charge < -0.3 is 0 Å². The molecule has 0 spiro atoms. The van der Waals surface area contributed by atoms with E-state index in [0.29, 0.717) is 12.5 Å². The zero-order valence-electron chi connectivity index (χ0n) is 13.8. The third kappa shape index (κ3) is 5.89. The molecule has 0 rings (SSSR count). The van der Waals surface area contributed by atoms with E-state index in [4.69, 9.17) is 0 Å². The molecule has 126 valence electrons. The third-order valence-corrected chi connectivity index (χ3v) is 3.23. The van der Waals surface area contributed by atoms with Crippen molar-refractivity contribution in [2.75, 3.05) is 0 Å². The van der Waals surface area contributed by atoms with E-state index in [2.05, 4.69) is 26.3 Å². The van der Waals surface area contributed by atoms with Crippen LogP contribution in [0.15, 0.2) is 84.1 Å². The molecule has 0 saturated heterocycles. The zero-order valence-corrected chi connectivity index (χ0v) is 13.8. The second kappa shape index (κ2) is 9.13. The first kappa shape index (κ1) is 20.9. The van der Waals surface area contributed by atoms with Gasteiger partial charge in [-0.3, -0.25) is 0 Å². The third-order valence-electron chi connectivity index (χ3n) is 3.23. The van der Waals surface area contributed by atoms with Gasteiger partial charge in [-0.15, -0.1) is 0 Å². The molecule has 0 aromatic carbocycles. The highest BCUT2D eigenvalue weighted by Gasteiger charge is 2.21. The second-order valence-electron chi connectivity index (χ2n) is 5.39. The maximum atomic E-state index is 14.2. The van der Waals surface area contributed by atoms with Crippen LogP contribution in [0.2, 0.25) is 0 Å². The Kier molecular flexibility index (Phi) is 8.30. The maximum absolute atomic E-state index is 14.2. The summed E-state index contributed by atoms with van der Waals surface area (Å²) in [5, 5.41) is 0. The van der Waals surface area contributed by atoms with Crippen LogP contribution in [0.5, 0.6) is 0 Å². The fourth-order valence-electron chi connectivity index (χ4n) is 1.54. The van der Waals surface area contributed by atoms with Crippen LogP contribution in [-0.4, -0.2) is 0 Å². The van der Waals surface area contributed by atoms with Crippen LogP contribution in [0.4, 0.5) is 17.6 Å². The molecule has 0 amide bonds. The van der Waals surface area contributed by atoms with Crippen LogP contribution in [0, 0.1) is 5.92 Å². The topological polar surface area (TPSA) is 0 Å². The SMILES string of the molecule is C=C/C(F)=C(/F)C(=C)C(=C)/C(F)=C(/F)C(=C)C(C)CC=C(C)C. The van der Waals surface area contributed by atoms with Crippen molar-refractivity contribution >= 4 is 0 Å². The first-order valence-corrected chi connectivity index (χ1v) is 6.98. The van der Waals surface area contributed by atoms with Crippen molar-refractivity contribution in [2.45, 2.75) is 27.2 Å². The molecule has 0 N–H and O–H groups in total. The molecule has 0 nitrogen and oxygen atoms in total. The summed E-state index contributed by atoms with van der Waals surface area (Å²) in [7, 11) is 0. The summed E-state index contributed by atoms with van der Waals surface area (Å²) in [6, 6.07) is 0. The quantitative estimate of drug-likeness (QED) is 0.253. The Bertz CT molecular complexity index is 611. The van der Waals surface area contributed by atoms with Crippen LogP contribution in [0.1, 0.15) is 27.2 Å². The largest absolute Gasteiger partial charge is 0.204 e. The Morgan fingerprint density at radius 1 is 0.913 bits per heavy atom. The average molecular weight is 326 g/mol. The van der Waals surface area contributed by atoms with Gasteiger partial charge in [0.15, 0.2) is 23.3 Å². The summed E-state index contributed by atoms with van der Waals surface area (Å²) < 4.78 is 54.9. The van der Waals surface area contributed by atoms with E-state index in [9.17, 15) is 17.6 Å². The highest BCUT2D eigenvalue weighted by Crippen LogP contribution is 2.33. The van der Waals surface area contributed by atoms with Gasteiger partial charge in [-0.2, -0.15) is 0 Å². The van der Waals surface area contributed by atoms with Gasteiger partial charge in [-0.1, -0.05) is 44.9 Å². The monoisotopic (exact) mass is 326 g/mol. The van der Waals surface area contributed by atoms with Crippen molar-refractivity contribution in [2.24, 2.45) is 5.92 Å². The van der Waals surface area contributed by atoms with Crippen LogP contribution >= 0.6 is 0 Å². The van der Waals surface area contributed by atoms with Crippen molar-refractivity contribution in [3.8, 4) is 0 Å². The van der Waals surface area contributed by atoms with Gasteiger partial charge in [-0.25, -0.2) is 17.6 Å². The molecule has 1 atom stereocenters. The van der Waals surface area contributed by atoms with E-state index in [-0.39, 0.29) is 11.5 Å². The molecule has 0 aromatic heterocycles. The van der Waals surface area contributed by atoms with E-state index in [1.165, 1.54) is 0 Å². The molecular weight excluding hydrogens is 304 g/mol. The number of halogens is 4. The predicted molar refractivity (Wildman–Crippen MR) is 89.3 cm³/mol. The molecule has 23 heavy (non-hydrogen) atoms. The zero-order chi connectivity index (χ0) is 18.3. The first-order valence-electron chi connectivity index (χ1n) is 6.98. The standard InChI is InChI=1S/C19H22F4/c1-8-16(20)17(21)14(6)15(7)19(23)18(22)13(5)12(4)10-9-11(2)3/h8-9,12H,1,5-7,10H2,2-4H3/b17-16-,19-18-. The van der Waals surface area contributed by atoms with Crippen molar-refractivity contribution in [3.05, 3.63) is 84.1 Å². The molecule has 0 heterocycles. The minimum Gasteiger partial charge on any atom is -0.204 e. The van der Waals surface area contributed by atoms with Crippen molar-refractivity contribution in [1.29, 1.82) is 0 Å². The van der Waals surface area contributed by atoms with Gasteiger partial charge in [-0.05, 0) is 37.8 Å². The fourth-order valence-corrected chi connectivity index (χ4v) is 1.54. The van der Waals surface area contributed by atoms with Gasteiger partial charge in [0.25, 0.3) is 0 Å². The summed E-state index contributed by atoms with van der Waals surface area (Å²) in [6.45, 7) is 18.4. The van der Waals surface area contributed by atoms with Gasteiger partial charge in [0.1, 0.15) is 0 Å². The fraction of sp³-hybridized carbons (Fsp3) is 0.263. The number of hydrogen-bond donors (Lipinski definition) is 0. The highest BCUT2D eigenvalue weighted by molar-refractivity contribution is 5.53. The molecule has 0 radical (unpaired) electrons. The lowest BCUT2D eigenvalue weighted by Gasteiger charge is -2.13. The number of allylic oxidation sites excluding steroid dienone is 10. The van der Waals surface area contributed by atoms with E-state index in [1.807, 2.05) is 19.9 Å².